The predicted octanol–water partition coefficient (Wildman–Crippen LogP) is 4.13. The molecule has 0 spiro atoms. The zero-order chi connectivity index (χ0) is 12.8. The van der Waals surface area contributed by atoms with Gasteiger partial charge in [-0.1, -0.05) is 20.3 Å². The van der Waals surface area contributed by atoms with Crippen LogP contribution in [0.2, 0.25) is 0 Å². The maximum atomic E-state index is 3.51. The summed E-state index contributed by atoms with van der Waals surface area (Å²) in [6, 6.07) is 8.94. The minimum Gasteiger partial charge on any atom is -0.385 e. The van der Waals surface area contributed by atoms with E-state index in [1.54, 1.807) is 0 Å². The first-order chi connectivity index (χ1) is 8.79. The fourth-order valence-corrected chi connectivity index (χ4v) is 2.38. The number of anilines is 2. The van der Waals surface area contributed by atoms with Gasteiger partial charge in [-0.15, -0.1) is 0 Å². The summed E-state index contributed by atoms with van der Waals surface area (Å²) in [5, 5.41) is 3.51. The second-order valence-corrected chi connectivity index (χ2v) is 5.49. The van der Waals surface area contributed by atoms with Crippen LogP contribution in [0, 0.1) is 5.92 Å². The lowest BCUT2D eigenvalue weighted by Crippen LogP contribution is -2.29. The highest BCUT2D eigenvalue weighted by Crippen LogP contribution is 2.21. The average Bonchev–Trinajstić information content (AvgIpc) is 2.46. The van der Waals surface area contributed by atoms with Crippen LogP contribution in [0.4, 0.5) is 11.4 Å². The minimum absolute atomic E-state index is 0.742. The molecular formula is C16H26N2. The summed E-state index contributed by atoms with van der Waals surface area (Å²) in [7, 11) is 0. The average molecular weight is 246 g/mol. The van der Waals surface area contributed by atoms with Crippen LogP contribution in [0.25, 0.3) is 0 Å². The lowest BCUT2D eigenvalue weighted by Gasteiger charge is -2.29. The molecule has 1 atom stereocenters. The van der Waals surface area contributed by atoms with E-state index in [9.17, 15) is 0 Å². The summed E-state index contributed by atoms with van der Waals surface area (Å²) in [6.45, 7) is 8.04. The Hall–Kier alpha value is -1.18. The quantitative estimate of drug-likeness (QED) is 0.840. The Morgan fingerprint density at radius 2 is 1.78 bits per heavy atom. The van der Waals surface area contributed by atoms with Gasteiger partial charge in [0.05, 0.1) is 0 Å². The molecule has 1 unspecified atom stereocenters. The molecule has 2 nitrogen and oxygen atoms in total. The zero-order valence-electron chi connectivity index (χ0n) is 11.8. The van der Waals surface area contributed by atoms with Crippen molar-refractivity contribution in [2.24, 2.45) is 5.92 Å². The van der Waals surface area contributed by atoms with E-state index in [0.717, 1.165) is 12.5 Å². The van der Waals surface area contributed by atoms with E-state index in [1.807, 2.05) is 0 Å². The zero-order valence-corrected chi connectivity index (χ0v) is 11.8. The third-order valence-corrected chi connectivity index (χ3v) is 3.94. The molecule has 18 heavy (non-hydrogen) atoms. The van der Waals surface area contributed by atoms with Crippen molar-refractivity contribution in [1.82, 2.24) is 0 Å². The summed E-state index contributed by atoms with van der Waals surface area (Å²) in [5.41, 5.74) is 2.62. The summed E-state index contributed by atoms with van der Waals surface area (Å²) in [5.74, 6) is 0.742. The Morgan fingerprint density at radius 1 is 1.11 bits per heavy atom. The van der Waals surface area contributed by atoms with Crippen LogP contribution in [0.3, 0.4) is 0 Å². The highest BCUT2D eigenvalue weighted by Gasteiger charge is 2.10. The molecule has 0 amide bonds. The fraction of sp³-hybridized carbons (Fsp3) is 0.625. The first kappa shape index (κ1) is 13.3. The van der Waals surface area contributed by atoms with Gasteiger partial charge in [-0.25, -0.2) is 0 Å². The number of benzene rings is 1. The van der Waals surface area contributed by atoms with Gasteiger partial charge in [0.25, 0.3) is 0 Å². The molecule has 1 N–H and O–H groups in total. The van der Waals surface area contributed by atoms with Gasteiger partial charge in [0.1, 0.15) is 0 Å². The van der Waals surface area contributed by atoms with Crippen molar-refractivity contribution in [3.63, 3.8) is 0 Å². The molecule has 0 saturated carbocycles. The molecule has 0 aromatic heterocycles. The summed E-state index contributed by atoms with van der Waals surface area (Å²) in [6.07, 6.45) is 5.31. The standard InChI is InChI=1S/C16H26N2/c1-3-14(2)13-17-15-7-9-16(10-8-15)18-11-5-4-6-12-18/h7-10,14,17H,3-6,11-13H2,1-2H3. The van der Waals surface area contributed by atoms with Crippen LogP contribution in [-0.4, -0.2) is 19.6 Å². The van der Waals surface area contributed by atoms with Gasteiger partial charge in [-0.05, 0) is 49.4 Å². The molecule has 2 heteroatoms. The Balaban J connectivity index is 1.88. The molecule has 1 aliphatic rings. The van der Waals surface area contributed by atoms with E-state index in [4.69, 9.17) is 0 Å². The van der Waals surface area contributed by atoms with E-state index in [0.29, 0.717) is 0 Å². The smallest absolute Gasteiger partial charge is 0.0367 e. The van der Waals surface area contributed by atoms with Crippen molar-refractivity contribution in [3.05, 3.63) is 24.3 Å². The summed E-state index contributed by atoms with van der Waals surface area (Å²) in [4.78, 5) is 2.50. The maximum Gasteiger partial charge on any atom is 0.0367 e. The molecule has 0 bridgehead atoms. The summed E-state index contributed by atoms with van der Waals surface area (Å²) < 4.78 is 0. The van der Waals surface area contributed by atoms with Gasteiger partial charge >= 0.3 is 0 Å². The molecule has 0 aliphatic carbocycles. The molecule has 1 aromatic rings. The monoisotopic (exact) mass is 246 g/mol. The lowest BCUT2D eigenvalue weighted by atomic mass is 10.1. The van der Waals surface area contributed by atoms with E-state index < -0.39 is 0 Å². The molecule has 1 heterocycles. The van der Waals surface area contributed by atoms with E-state index >= 15 is 0 Å². The molecule has 1 aliphatic heterocycles. The van der Waals surface area contributed by atoms with Crippen molar-refractivity contribution in [3.8, 4) is 0 Å². The number of rotatable bonds is 5. The number of piperidine rings is 1. The van der Waals surface area contributed by atoms with Gasteiger partial charge in [0.2, 0.25) is 0 Å². The highest BCUT2D eigenvalue weighted by molar-refractivity contribution is 5.55. The topological polar surface area (TPSA) is 15.3 Å². The van der Waals surface area contributed by atoms with Crippen LogP contribution in [0.5, 0.6) is 0 Å². The van der Waals surface area contributed by atoms with Gasteiger partial charge in [-0.2, -0.15) is 0 Å². The molecule has 1 saturated heterocycles. The number of nitrogens with one attached hydrogen (secondary N) is 1. The lowest BCUT2D eigenvalue weighted by molar-refractivity contribution is 0.578. The van der Waals surface area contributed by atoms with Gasteiger partial charge in [0.15, 0.2) is 0 Å². The van der Waals surface area contributed by atoms with Crippen LogP contribution >= 0.6 is 0 Å². The van der Waals surface area contributed by atoms with Gasteiger partial charge in [-0.3, -0.25) is 0 Å². The summed E-state index contributed by atoms with van der Waals surface area (Å²) >= 11 is 0. The van der Waals surface area contributed by atoms with Crippen LogP contribution < -0.4 is 10.2 Å². The van der Waals surface area contributed by atoms with Gasteiger partial charge < -0.3 is 10.2 Å². The fourth-order valence-electron chi connectivity index (χ4n) is 2.38. The SMILES string of the molecule is CCC(C)CNc1ccc(N2CCCCC2)cc1. The highest BCUT2D eigenvalue weighted by atomic mass is 15.1. The van der Waals surface area contributed by atoms with E-state index in [2.05, 4.69) is 48.3 Å². The molecule has 1 fully saturated rings. The van der Waals surface area contributed by atoms with Crippen LogP contribution in [-0.2, 0) is 0 Å². The number of hydrogen-bond acceptors (Lipinski definition) is 2. The largest absolute Gasteiger partial charge is 0.385 e. The molecule has 0 radical (unpaired) electrons. The van der Waals surface area contributed by atoms with Crippen LogP contribution in [0.1, 0.15) is 39.5 Å². The second kappa shape index (κ2) is 6.67. The van der Waals surface area contributed by atoms with Crippen LogP contribution in [0.15, 0.2) is 24.3 Å². The third-order valence-electron chi connectivity index (χ3n) is 3.94. The van der Waals surface area contributed by atoms with Crippen molar-refractivity contribution in [1.29, 1.82) is 0 Å². The van der Waals surface area contributed by atoms with E-state index in [1.165, 1.54) is 50.1 Å². The number of hydrogen-bond donors (Lipinski definition) is 1. The second-order valence-electron chi connectivity index (χ2n) is 5.49. The maximum absolute atomic E-state index is 3.51. The van der Waals surface area contributed by atoms with Crippen molar-refractivity contribution < 1.29 is 0 Å². The molecule has 100 valence electrons. The Morgan fingerprint density at radius 3 is 2.39 bits per heavy atom. The Bertz CT molecular complexity index is 339. The van der Waals surface area contributed by atoms with Gasteiger partial charge in [0, 0.05) is 31.0 Å². The molecule has 1 aromatic carbocycles. The molecular weight excluding hydrogens is 220 g/mol. The normalized spacial score (nSPS) is 17.6. The molecule has 2 rings (SSSR count). The third kappa shape index (κ3) is 3.66. The van der Waals surface area contributed by atoms with Crippen molar-refractivity contribution in [2.45, 2.75) is 39.5 Å². The van der Waals surface area contributed by atoms with Crippen molar-refractivity contribution in [2.75, 3.05) is 29.9 Å². The Labute approximate surface area is 111 Å². The van der Waals surface area contributed by atoms with E-state index in [-0.39, 0.29) is 0 Å². The van der Waals surface area contributed by atoms with Crippen molar-refractivity contribution >= 4 is 11.4 Å². The minimum atomic E-state index is 0.742. The first-order valence-electron chi connectivity index (χ1n) is 7.38. The predicted molar refractivity (Wildman–Crippen MR) is 80.5 cm³/mol. The Kier molecular flexibility index (Phi) is 4.91. The number of nitrogens with zero attached hydrogens (tertiary/aromatic N) is 1. The first-order valence-corrected chi connectivity index (χ1v) is 7.38.